The Hall–Kier alpha value is -0.560. The molecule has 0 saturated carbocycles. The number of rotatable bonds is 1. The molecular formula is C5H2BrF2NO2S. The van der Waals surface area contributed by atoms with Gasteiger partial charge in [-0.25, -0.2) is 9.37 Å². The fraction of sp³-hybridized carbons (Fsp3) is 0. The monoisotopic (exact) mass is 257 g/mol. The molecule has 0 bridgehead atoms. The van der Waals surface area contributed by atoms with E-state index in [1.54, 1.807) is 0 Å². The van der Waals surface area contributed by atoms with E-state index in [-0.39, 0.29) is 4.47 Å². The minimum Gasteiger partial charge on any atom is -0.238 e. The van der Waals surface area contributed by atoms with E-state index < -0.39 is 21.1 Å². The Morgan fingerprint density at radius 3 is 2.50 bits per heavy atom. The molecule has 1 aromatic heterocycles. The third-order valence-corrected chi connectivity index (χ3v) is 2.66. The van der Waals surface area contributed by atoms with Crippen LogP contribution in [-0.2, 0) is 10.2 Å². The molecule has 0 spiro atoms. The van der Waals surface area contributed by atoms with E-state index in [2.05, 4.69) is 20.9 Å². The summed E-state index contributed by atoms with van der Waals surface area (Å²) in [5.74, 6) is -0.741. The third kappa shape index (κ3) is 1.98. The van der Waals surface area contributed by atoms with Crippen LogP contribution in [0.1, 0.15) is 0 Å². The molecule has 0 aliphatic carbocycles. The van der Waals surface area contributed by atoms with Crippen molar-refractivity contribution in [1.82, 2.24) is 4.98 Å². The van der Waals surface area contributed by atoms with Crippen LogP contribution in [0, 0.1) is 5.82 Å². The largest absolute Gasteiger partial charge is 0.350 e. The Labute approximate surface area is 75.8 Å². The van der Waals surface area contributed by atoms with E-state index in [1.165, 1.54) is 0 Å². The molecule has 0 N–H and O–H groups in total. The Balaban J connectivity index is 3.39. The summed E-state index contributed by atoms with van der Waals surface area (Å²) < 4.78 is 44.9. The van der Waals surface area contributed by atoms with Crippen LogP contribution < -0.4 is 0 Å². The predicted molar refractivity (Wildman–Crippen MR) is 40.2 cm³/mol. The zero-order valence-corrected chi connectivity index (χ0v) is 7.86. The van der Waals surface area contributed by atoms with Gasteiger partial charge >= 0.3 is 10.2 Å². The van der Waals surface area contributed by atoms with Crippen LogP contribution in [0.15, 0.2) is 21.8 Å². The van der Waals surface area contributed by atoms with E-state index in [9.17, 15) is 16.7 Å². The number of halogens is 3. The van der Waals surface area contributed by atoms with Gasteiger partial charge in [-0.05, 0) is 22.0 Å². The lowest BCUT2D eigenvalue weighted by molar-refractivity contribution is 0.545. The van der Waals surface area contributed by atoms with Crippen LogP contribution in [0.25, 0.3) is 0 Å². The molecule has 0 fully saturated rings. The highest BCUT2D eigenvalue weighted by Crippen LogP contribution is 2.21. The third-order valence-electron chi connectivity index (χ3n) is 1.01. The Morgan fingerprint density at radius 2 is 2.08 bits per heavy atom. The minimum atomic E-state index is -4.87. The molecule has 0 radical (unpaired) electrons. The first-order chi connectivity index (χ1) is 5.41. The molecule has 66 valence electrons. The summed E-state index contributed by atoms with van der Waals surface area (Å²) in [7, 11) is -4.87. The fourth-order valence-electron chi connectivity index (χ4n) is 0.581. The van der Waals surface area contributed by atoms with Crippen LogP contribution in [0.5, 0.6) is 0 Å². The van der Waals surface area contributed by atoms with Crippen molar-refractivity contribution in [3.8, 4) is 0 Å². The van der Waals surface area contributed by atoms with Gasteiger partial charge in [0, 0.05) is 0 Å². The summed E-state index contributed by atoms with van der Waals surface area (Å²) in [6.45, 7) is 0. The van der Waals surface area contributed by atoms with Gasteiger partial charge in [0.25, 0.3) is 0 Å². The lowest BCUT2D eigenvalue weighted by Gasteiger charge is -1.96. The molecule has 0 aliphatic heterocycles. The van der Waals surface area contributed by atoms with Gasteiger partial charge in [0.2, 0.25) is 5.03 Å². The Bertz CT molecular complexity index is 406. The second-order valence-electron chi connectivity index (χ2n) is 1.88. The maximum absolute atomic E-state index is 12.3. The van der Waals surface area contributed by atoms with Crippen molar-refractivity contribution in [3.05, 3.63) is 22.6 Å². The van der Waals surface area contributed by atoms with Gasteiger partial charge in [0.05, 0.1) is 10.7 Å². The second kappa shape index (κ2) is 3.06. The molecular weight excluding hydrogens is 256 g/mol. The maximum atomic E-state index is 12.3. The van der Waals surface area contributed by atoms with Crippen molar-refractivity contribution in [2.75, 3.05) is 0 Å². The van der Waals surface area contributed by atoms with E-state index >= 15 is 0 Å². The number of nitrogens with zero attached hydrogens (tertiary/aromatic N) is 1. The molecule has 0 unspecified atom stereocenters. The second-order valence-corrected chi connectivity index (χ2v) is 4.00. The van der Waals surface area contributed by atoms with E-state index in [1.807, 2.05) is 0 Å². The molecule has 1 rings (SSSR count). The summed E-state index contributed by atoms with van der Waals surface area (Å²) in [6, 6.07) is 0.819. The topological polar surface area (TPSA) is 47.0 Å². The van der Waals surface area contributed by atoms with Crippen LogP contribution in [0.3, 0.4) is 0 Å². The molecule has 3 nitrogen and oxygen atoms in total. The molecule has 1 heterocycles. The normalized spacial score (nSPS) is 11.6. The average Bonchev–Trinajstić information content (AvgIpc) is 1.83. The quantitative estimate of drug-likeness (QED) is 0.719. The number of hydrogen-bond donors (Lipinski definition) is 0. The first-order valence-electron chi connectivity index (χ1n) is 2.67. The molecule has 0 atom stereocenters. The van der Waals surface area contributed by atoms with E-state index in [0.717, 1.165) is 6.07 Å². The van der Waals surface area contributed by atoms with E-state index in [0.29, 0.717) is 6.20 Å². The maximum Gasteiger partial charge on any atom is 0.350 e. The van der Waals surface area contributed by atoms with E-state index in [4.69, 9.17) is 0 Å². The van der Waals surface area contributed by atoms with Crippen LogP contribution in [0.4, 0.5) is 8.28 Å². The Morgan fingerprint density at radius 1 is 1.50 bits per heavy atom. The number of hydrogen-bond acceptors (Lipinski definition) is 3. The van der Waals surface area contributed by atoms with Crippen LogP contribution >= 0.6 is 15.9 Å². The van der Waals surface area contributed by atoms with Gasteiger partial charge in [-0.3, -0.25) is 0 Å². The summed E-state index contributed by atoms with van der Waals surface area (Å²) >= 11 is 2.66. The predicted octanol–water partition coefficient (Wildman–Crippen LogP) is 1.64. The highest BCUT2D eigenvalue weighted by Gasteiger charge is 2.18. The van der Waals surface area contributed by atoms with Gasteiger partial charge in [-0.2, -0.15) is 8.42 Å². The molecule has 0 aromatic carbocycles. The molecule has 0 amide bonds. The van der Waals surface area contributed by atoms with Crippen LogP contribution in [0.2, 0.25) is 0 Å². The molecule has 12 heavy (non-hydrogen) atoms. The lowest BCUT2D eigenvalue weighted by Crippen LogP contribution is -1.97. The Kier molecular flexibility index (Phi) is 2.43. The van der Waals surface area contributed by atoms with Gasteiger partial charge < -0.3 is 0 Å². The van der Waals surface area contributed by atoms with Crippen LogP contribution in [-0.4, -0.2) is 13.4 Å². The summed E-state index contributed by atoms with van der Waals surface area (Å²) in [5.41, 5.74) is 0. The van der Waals surface area contributed by atoms with Crippen molar-refractivity contribution in [1.29, 1.82) is 0 Å². The minimum absolute atomic E-state index is 0.231. The zero-order chi connectivity index (χ0) is 9.35. The first-order valence-corrected chi connectivity index (χ1v) is 4.84. The highest BCUT2D eigenvalue weighted by molar-refractivity contribution is 9.10. The van der Waals surface area contributed by atoms with Crippen molar-refractivity contribution >= 4 is 26.2 Å². The van der Waals surface area contributed by atoms with Crippen molar-refractivity contribution in [3.63, 3.8) is 0 Å². The van der Waals surface area contributed by atoms with Crippen molar-refractivity contribution in [2.24, 2.45) is 0 Å². The SMILES string of the molecule is O=S(=O)(F)c1ncc(F)cc1Br. The summed E-state index contributed by atoms with van der Waals surface area (Å²) in [4.78, 5) is 3.06. The van der Waals surface area contributed by atoms with Crippen molar-refractivity contribution in [2.45, 2.75) is 5.03 Å². The average molecular weight is 258 g/mol. The summed E-state index contributed by atoms with van der Waals surface area (Å²) in [5, 5.41) is -0.816. The van der Waals surface area contributed by atoms with Gasteiger partial charge in [0.1, 0.15) is 5.82 Å². The summed E-state index contributed by atoms with van der Waals surface area (Å²) in [6.07, 6.45) is 0.622. The van der Waals surface area contributed by atoms with Gasteiger partial charge in [-0.15, -0.1) is 0 Å². The highest BCUT2D eigenvalue weighted by atomic mass is 79.9. The number of pyridine rings is 1. The lowest BCUT2D eigenvalue weighted by atomic mass is 10.5. The van der Waals surface area contributed by atoms with Crippen molar-refractivity contribution < 1.29 is 16.7 Å². The van der Waals surface area contributed by atoms with Gasteiger partial charge in [0.15, 0.2) is 0 Å². The molecule has 1 aromatic rings. The fourth-order valence-corrected chi connectivity index (χ4v) is 1.95. The van der Waals surface area contributed by atoms with Gasteiger partial charge in [-0.1, -0.05) is 3.89 Å². The smallest absolute Gasteiger partial charge is 0.238 e. The first kappa shape index (κ1) is 9.53. The standard InChI is InChI=1S/C5H2BrF2NO2S/c6-4-1-3(7)2-9-5(4)12(8,10)11/h1-2H. The molecule has 7 heteroatoms. The number of aromatic nitrogens is 1. The molecule has 0 saturated heterocycles. The zero-order valence-electron chi connectivity index (χ0n) is 5.46. The molecule has 0 aliphatic rings.